The van der Waals surface area contributed by atoms with Gasteiger partial charge in [-0.2, -0.15) is 8.78 Å². The molecule has 0 radical (unpaired) electrons. The molecule has 1 N–H and O–H groups in total. The number of rotatable bonds is 4. The summed E-state index contributed by atoms with van der Waals surface area (Å²) in [5.41, 5.74) is 2.39. The highest BCUT2D eigenvalue weighted by atomic mass is 19.3. The van der Waals surface area contributed by atoms with Gasteiger partial charge in [0.25, 0.3) is 0 Å². The van der Waals surface area contributed by atoms with Crippen LogP contribution in [0.5, 0.6) is 5.75 Å². The van der Waals surface area contributed by atoms with E-state index in [0.717, 1.165) is 16.7 Å². The van der Waals surface area contributed by atoms with E-state index in [0.29, 0.717) is 0 Å². The molecule has 0 atom stereocenters. The van der Waals surface area contributed by atoms with Gasteiger partial charge >= 0.3 is 6.61 Å². The quantitative estimate of drug-likeness (QED) is 0.900. The van der Waals surface area contributed by atoms with Gasteiger partial charge in [0.15, 0.2) is 0 Å². The van der Waals surface area contributed by atoms with E-state index in [-0.39, 0.29) is 12.4 Å². The third-order valence-corrected chi connectivity index (χ3v) is 2.50. The van der Waals surface area contributed by atoms with Crippen LogP contribution in [0.3, 0.4) is 0 Å². The van der Waals surface area contributed by atoms with Crippen molar-refractivity contribution in [2.45, 2.75) is 13.2 Å². The van der Waals surface area contributed by atoms with Gasteiger partial charge in [-0.15, -0.1) is 0 Å². The van der Waals surface area contributed by atoms with Crippen molar-refractivity contribution in [3.8, 4) is 16.9 Å². The van der Waals surface area contributed by atoms with Crippen LogP contribution >= 0.6 is 0 Å². The molecule has 0 heterocycles. The average molecular weight is 250 g/mol. The molecular weight excluding hydrogens is 238 g/mol. The maximum atomic E-state index is 12.1. The second-order valence-electron chi connectivity index (χ2n) is 3.76. The molecule has 18 heavy (non-hydrogen) atoms. The van der Waals surface area contributed by atoms with Crippen molar-refractivity contribution in [2.24, 2.45) is 0 Å². The topological polar surface area (TPSA) is 29.5 Å². The molecule has 0 aromatic heterocycles. The van der Waals surface area contributed by atoms with Gasteiger partial charge in [0.05, 0.1) is 6.61 Å². The number of aliphatic hydroxyl groups is 1. The average Bonchev–Trinajstić information content (AvgIpc) is 2.38. The van der Waals surface area contributed by atoms with Crippen LogP contribution in [0.2, 0.25) is 0 Å². The standard InChI is InChI=1S/C14H12F2O2/c15-14(16)18-13-6-2-5-12(8-13)11-4-1-3-10(7-11)9-17/h1-8,14,17H,9H2. The highest BCUT2D eigenvalue weighted by Crippen LogP contribution is 2.25. The Balaban J connectivity index is 2.32. The Morgan fingerprint density at radius 1 is 1.00 bits per heavy atom. The molecule has 0 saturated carbocycles. The van der Waals surface area contributed by atoms with Crippen LogP contribution in [0, 0.1) is 0 Å². The SMILES string of the molecule is OCc1cccc(-c2cccc(OC(F)F)c2)c1. The van der Waals surface area contributed by atoms with E-state index in [1.54, 1.807) is 24.3 Å². The number of ether oxygens (including phenoxy) is 1. The van der Waals surface area contributed by atoms with E-state index >= 15 is 0 Å². The molecule has 0 fully saturated rings. The first-order valence-corrected chi connectivity index (χ1v) is 5.44. The number of aliphatic hydroxyl groups excluding tert-OH is 1. The third kappa shape index (κ3) is 3.05. The number of hydrogen-bond donors (Lipinski definition) is 1. The van der Waals surface area contributed by atoms with Crippen molar-refractivity contribution < 1.29 is 18.6 Å². The zero-order valence-corrected chi connectivity index (χ0v) is 9.51. The van der Waals surface area contributed by atoms with Crippen molar-refractivity contribution in [1.29, 1.82) is 0 Å². The summed E-state index contributed by atoms with van der Waals surface area (Å²) in [4.78, 5) is 0. The second kappa shape index (κ2) is 5.60. The van der Waals surface area contributed by atoms with Gasteiger partial charge in [0.2, 0.25) is 0 Å². The van der Waals surface area contributed by atoms with E-state index < -0.39 is 6.61 Å². The summed E-state index contributed by atoms with van der Waals surface area (Å²) in [7, 11) is 0. The fraction of sp³-hybridized carbons (Fsp3) is 0.143. The first-order chi connectivity index (χ1) is 8.69. The minimum absolute atomic E-state index is 0.0545. The summed E-state index contributed by atoms with van der Waals surface area (Å²) >= 11 is 0. The van der Waals surface area contributed by atoms with Crippen molar-refractivity contribution in [1.82, 2.24) is 0 Å². The number of benzene rings is 2. The Labute approximate surface area is 103 Å². The summed E-state index contributed by atoms with van der Waals surface area (Å²) < 4.78 is 28.6. The fourth-order valence-electron chi connectivity index (χ4n) is 1.70. The molecule has 0 aliphatic heterocycles. The van der Waals surface area contributed by atoms with Gasteiger partial charge in [0.1, 0.15) is 5.75 Å². The van der Waals surface area contributed by atoms with Gasteiger partial charge in [-0.1, -0.05) is 30.3 Å². The molecular formula is C14H12F2O2. The van der Waals surface area contributed by atoms with Crippen LogP contribution in [-0.2, 0) is 6.61 Å². The van der Waals surface area contributed by atoms with Crippen molar-refractivity contribution >= 4 is 0 Å². The van der Waals surface area contributed by atoms with E-state index in [2.05, 4.69) is 4.74 Å². The van der Waals surface area contributed by atoms with Crippen LogP contribution in [0.1, 0.15) is 5.56 Å². The molecule has 0 unspecified atom stereocenters. The molecule has 4 heteroatoms. The Morgan fingerprint density at radius 3 is 2.33 bits per heavy atom. The van der Waals surface area contributed by atoms with Gasteiger partial charge < -0.3 is 9.84 Å². The first-order valence-electron chi connectivity index (χ1n) is 5.44. The Hall–Kier alpha value is -1.94. The molecule has 0 spiro atoms. The molecule has 2 aromatic carbocycles. The van der Waals surface area contributed by atoms with Gasteiger partial charge in [-0.05, 0) is 34.9 Å². The van der Waals surface area contributed by atoms with E-state index in [4.69, 9.17) is 5.11 Å². The lowest BCUT2D eigenvalue weighted by Gasteiger charge is -2.07. The Kier molecular flexibility index (Phi) is 3.89. The van der Waals surface area contributed by atoms with Gasteiger partial charge in [-0.3, -0.25) is 0 Å². The largest absolute Gasteiger partial charge is 0.435 e. The molecule has 2 nitrogen and oxygen atoms in total. The van der Waals surface area contributed by atoms with Crippen LogP contribution in [0.25, 0.3) is 11.1 Å². The Bertz CT molecular complexity index is 527. The molecule has 0 amide bonds. The molecule has 0 saturated heterocycles. The second-order valence-corrected chi connectivity index (χ2v) is 3.76. The predicted octanol–water partition coefficient (Wildman–Crippen LogP) is 3.45. The highest BCUT2D eigenvalue weighted by Gasteiger charge is 2.05. The van der Waals surface area contributed by atoms with Gasteiger partial charge in [-0.25, -0.2) is 0 Å². The molecule has 2 rings (SSSR count). The maximum absolute atomic E-state index is 12.1. The zero-order chi connectivity index (χ0) is 13.0. The smallest absolute Gasteiger partial charge is 0.387 e. The monoisotopic (exact) mass is 250 g/mol. The molecule has 94 valence electrons. The third-order valence-electron chi connectivity index (χ3n) is 2.50. The number of hydrogen-bond acceptors (Lipinski definition) is 2. The molecule has 2 aromatic rings. The maximum Gasteiger partial charge on any atom is 0.387 e. The van der Waals surface area contributed by atoms with Gasteiger partial charge in [0, 0.05) is 0 Å². The lowest BCUT2D eigenvalue weighted by Crippen LogP contribution is -2.01. The summed E-state index contributed by atoms with van der Waals surface area (Å²) in [6.45, 7) is -2.88. The van der Waals surface area contributed by atoms with Crippen molar-refractivity contribution in [3.05, 3.63) is 54.1 Å². The van der Waals surface area contributed by atoms with Crippen molar-refractivity contribution in [2.75, 3.05) is 0 Å². The Morgan fingerprint density at radius 2 is 1.67 bits per heavy atom. The molecule has 0 aliphatic rings. The lowest BCUT2D eigenvalue weighted by atomic mass is 10.0. The van der Waals surface area contributed by atoms with Crippen LogP contribution < -0.4 is 4.74 Å². The predicted molar refractivity (Wildman–Crippen MR) is 64.4 cm³/mol. The lowest BCUT2D eigenvalue weighted by molar-refractivity contribution is -0.0498. The summed E-state index contributed by atoms with van der Waals surface area (Å²) in [5.74, 6) is 0.122. The summed E-state index contributed by atoms with van der Waals surface area (Å²) in [5, 5.41) is 9.06. The van der Waals surface area contributed by atoms with E-state index in [1.165, 1.54) is 6.07 Å². The highest BCUT2D eigenvalue weighted by molar-refractivity contribution is 5.65. The number of halogens is 2. The molecule has 0 bridgehead atoms. The van der Waals surface area contributed by atoms with Crippen LogP contribution in [-0.4, -0.2) is 11.7 Å². The van der Waals surface area contributed by atoms with Crippen LogP contribution in [0.4, 0.5) is 8.78 Å². The number of alkyl halides is 2. The van der Waals surface area contributed by atoms with Crippen LogP contribution in [0.15, 0.2) is 48.5 Å². The summed E-state index contributed by atoms with van der Waals surface area (Å²) in [6.07, 6.45) is 0. The normalized spacial score (nSPS) is 10.7. The fourth-order valence-corrected chi connectivity index (χ4v) is 1.70. The van der Waals surface area contributed by atoms with E-state index in [1.807, 2.05) is 18.2 Å². The van der Waals surface area contributed by atoms with Crippen molar-refractivity contribution in [3.63, 3.8) is 0 Å². The summed E-state index contributed by atoms with van der Waals surface area (Å²) in [6, 6.07) is 13.7. The molecule has 0 aliphatic carbocycles. The minimum Gasteiger partial charge on any atom is -0.435 e. The first kappa shape index (κ1) is 12.5. The zero-order valence-electron chi connectivity index (χ0n) is 9.51. The van der Waals surface area contributed by atoms with E-state index in [9.17, 15) is 8.78 Å². The minimum atomic E-state index is -2.83.